The number of rotatable bonds is 5. The van der Waals surface area contributed by atoms with E-state index in [0.29, 0.717) is 22.0 Å². The van der Waals surface area contributed by atoms with E-state index in [2.05, 4.69) is 11.9 Å². The molecule has 1 amide bonds. The molecule has 0 saturated carbocycles. The van der Waals surface area contributed by atoms with Crippen LogP contribution in [0.1, 0.15) is 29.7 Å². The number of amides is 1. The molecule has 1 unspecified atom stereocenters. The number of aliphatic hydroxyl groups is 1. The Balaban J connectivity index is 1.71. The van der Waals surface area contributed by atoms with E-state index in [-0.39, 0.29) is 11.3 Å². The molecule has 0 bridgehead atoms. The topological polar surface area (TPSA) is 79.7 Å². The average Bonchev–Trinajstić information content (AvgIpc) is 3.41. The first-order chi connectivity index (χ1) is 16.5. The number of fused-ring (bicyclic) bond motifs is 1. The van der Waals surface area contributed by atoms with Crippen LogP contribution in [0, 0.1) is 0 Å². The molecule has 0 spiro atoms. The van der Waals surface area contributed by atoms with Crippen molar-refractivity contribution in [2.24, 2.45) is 0 Å². The maximum Gasteiger partial charge on any atom is 0.301 e. The summed E-state index contributed by atoms with van der Waals surface area (Å²) in [6, 6.07) is 21.2. The van der Waals surface area contributed by atoms with Crippen LogP contribution < -0.4 is 9.64 Å². The number of thiazole rings is 1. The van der Waals surface area contributed by atoms with Crippen molar-refractivity contribution in [1.29, 1.82) is 0 Å². The number of anilines is 1. The smallest absolute Gasteiger partial charge is 0.301 e. The predicted molar refractivity (Wildman–Crippen MR) is 133 cm³/mol. The summed E-state index contributed by atoms with van der Waals surface area (Å²) in [5.41, 5.74) is 3.09. The summed E-state index contributed by atoms with van der Waals surface area (Å²) < 4.78 is 6.14. The first-order valence-electron chi connectivity index (χ1n) is 10.9. The quantitative estimate of drug-likeness (QED) is 0.237. The maximum absolute atomic E-state index is 13.3. The Morgan fingerprint density at radius 3 is 2.47 bits per heavy atom. The van der Waals surface area contributed by atoms with Gasteiger partial charge in [0.25, 0.3) is 5.78 Å². The number of ketones is 1. The summed E-state index contributed by atoms with van der Waals surface area (Å²) >= 11 is 1.30. The summed E-state index contributed by atoms with van der Waals surface area (Å²) in [5, 5.41) is 11.6. The molecular weight excluding hydrogens is 448 g/mol. The highest BCUT2D eigenvalue weighted by atomic mass is 32.1. The summed E-state index contributed by atoms with van der Waals surface area (Å²) in [6.45, 7) is 2.06. The molecule has 5 rings (SSSR count). The number of hydrogen-bond acceptors (Lipinski definition) is 6. The van der Waals surface area contributed by atoms with Crippen molar-refractivity contribution in [3.63, 3.8) is 0 Å². The average molecular weight is 471 g/mol. The lowest BCUT2D eigenvalue weighted by atomic mass is 9.94. The zero-order valence-electron chi connectivity index (χ0n) is 18.7. The highest BCUT2D eigenvalue weighted by Crippen LogP contribution is 2.44. The number of carbonyl (C=O) groups excluding carboxylic acids is 2. The van der Waals surface area contributed by atoms with E-state index in [9.17, 15) is 14.7 Å². The van der Waals surface area contributed by atoms with Gasteiger partial charge < -0.3 is 9.84 Å². The van der Waals surface area contributed by atoms with Crippen LogP contribution >= 0.6 is 11.3 Å². The van der Waals surface area contributed by atoms with E-state index in [1.54, 1.807) is 37.4 Å². The van der Waals surface area contributed by atoms with Crippen LogP contribution in [-0.2, 0) is 16.0 Å². The molecule has 170 valence electrons. The summed E-state index contributed by atoms with van der Waals surface area (Å²) in [7, 11) is 1.59. The molecule has 3 aromatic carbocycles. The molecular formula is C27H22N2O4S. The molecule has 1 saturated heterocycles. The second-order valence-corrected chi connectivity index (χ2v) is 8.97. The van der Waals surface area contributed by atoms with Crippen LogP contribution in [-0.4, -0.2) is 28.9 Å². The molecule has 0 radical (unpaired) electrons. The van der Waals surface area contributed by atoms with E-state index >= 15 is 0 Å². The molecule has 34 heavy (non-hydrogen) atoms. The molecule has 0 aliphatic carbocycles. The Hall–Kier alpha value is -3.97. The Morgan fingerprint density at radius 1 is 1.06 bits per heavy atom. The number of Topliss-reactive ketones (excluding diaryl/α,β-unsaturated/α-hetero) is 1. The molecule has 1 aliphatic heterocycles. The number of nitrogens with zero attached hydrogens (tertiary/aromatic N) is 2. The predicted octanol–water partition coefficient (Wildman–Crippen LogP) is 5.49. The minimum Gasteiger partial charge on any atom is -0.507 e. The largest absolute Gasteiger partial charge is 0.507 e. The number of aryl methyl sites for hydroxylation is 1. The van der Waals surface area contributed by atoms with E-state index in [1.165, 1.54) is 16.2 Å². The van der Waals surface area contributed by atoms with Gasteiger partial charge in [-0.15, -0.1) is 0 Å². The van der Waals surface area contributed by atoms with Crippen molar-refractivity contribution < 1.29 is 19.4 Å². The van der Waals surface area contributed by atoms with Gasteiger partial charge in [0.2, 0.25) is 0 Å². The lowest BCUT2D eigenvalue weighted by Crippen LogP contribution is -2.29. The maximum atomic E-state index is 13.3. The van der Waals surface area contributed by atoms with Gasteiger partial charge in [-0.05, 0) is 35.7 Å². The van der Waals surface area contributed by atoms with Gasteiger partial charge in [0, 0.05) is 5.56 Å². The minimum atomic E-state index is -0.798. The van der Waals surface area contributed by atoms with Crippen molar-refractivity contribution >= 4 is 44.1 Å². The number of methoxy groups -OCH3 is 1. The zero-order chi connectivity index (χ0) is 23.8. The van der Waals surface area contributed by atoms with Crippen LogP contribution in [0.25, 0.3) is 16.0 Å². The van der Waals surface area contributed by atoms with E-state index in [4.69, 9.17) is 4.74 Å². The fourth-order valence-electron chi connectivity index (χ4n) is 4.16. The van der Waals surface area contributed by atoms with Crippen molar-refractivity contribution in [1.82, 2.24) is 4.98 Å². The summed E-state index contributed by atoms with van der Waals surface area (Å²) in [5.74, 6) is -0.967. The fraction of sp³-hybridized carbons (Fsp3) is 0.148. The number of hydrogen-bond donors (Lipinski definition) is 1. The molecule has 2 heterocycles. The van der Waals surface area contributed by atoms with Crippen molar-refractivity contribution in [2.75, 3.05) is 12.0 Å². The standard InChI is InChI=1S/C27H22N2O4S/c1-3-16-9-11-17(12-10-16)23-22(24(30)18-7-5-4-6-8-18)25(31)26(32)29(23)27-28-20-14-13-19(33-2)15-21(20)34-27/h4-15,23,30H,3H2,1-2H3. The lowest BCUT2D eigenvalue weighted by molar-refractivity contribution is -0.132. The Bertz CT molecular complexity index is 1420. The Labute approximate surface area is 200 Å². The first-order valence-corrected chi connectivity index (χ1v) is 11.7. The third-order valence-corrected chi connectivity index (χ3v) is 7.00. The second-order valence-electron chi connectivity index (χ2n) is 7.96. The van der Waals surface area contributed by atoms with E-state index in [1.807, 2.05) is 42.5 Å². The van der Waals surface area contributed by atoms with Gasteiger partial charge in [-0.2, -0.15) is 0 Å². The van der Waals surface area contributed by atoms with E-state index in [0.717, 1.165) is 22.2 Å². The highest BCUT2D eigenvalue weighted by molar-refractivity contribution is 7.22. The zero-order valence-corrected chi connectivity index (χ0v) is 19.5. The van der Waals surface area contributed by atoms with Crippen LogP contribution in [0.4, 0.5) is 5.13 Å². The number of aliphatic hydroxyl groups excluding tert-OH is 1. The number of aromatic nitrogens is 1. The first kappa shape index (κ1) is 21.9. The molecule has 1 N–H and O–H groups in total. The molecule has 7 heteroatoms. The number of carbonyl (C=O) groups is 2. The molecule has 1 aliphatic rings. The highest BCUT2D eigenvalue weighted by Gasteiger charge is 2.48. The molecule has 4 aromatic rings. The Kier molecular flexibility index (Phi) is 5.63. The summed E-state index contributed by atoms with van der Waals surface area (Å²) in [4.78, 5) is 32.6. The normalized spacial score (nSPS) is 17.5. The second kappa shape index (κ2) is 8.76. The van der Waals surface area contributed by atoms with Gasteiger partial charge in [-0.3, -0.25) is 14.5 Å². The molecule has 1 fully saturated rings. The Morgan fingerprint density at radius 2 is 1.79 bits per heavy atom. The minimum absolute atomic E-state index is 0.0530. The third kappa shape index (κ3) is 3.64. The lowest BCUT2D eigenvalue weighted by Gasteiger charge is -2.23. The van der Waals surface area contributed by atoms with Crippen LogP contribution in [0.3, 0.4) is 0 Å². The summed E-state index contributed by atoms with van der Waals surface area (Å²) in [6.07, 6.45) is 0.865. The van der Waals surface area contributed by atoms with Gasteiger partial charge in [0.1, 0.15) is 11.5 Å². The van der Waals surface area contributed by atoms with Gasteiger partial charge in [-0.1, -0.05) is 72.9 Å². The van der Waals surface area contributed by atoms with Gasteiger partial charge >= 0.3 is 5.91 Å². The van der Waals surface area contributed by atoms with Gasteiger partial charge in [0.15, 0.2) is 5.13 Å². The third-order valence-electron chi connectivity index (χ3n) is 5.99. The number of benzene rings is 3. The van der Waals surface area contributed by atoms with Crippen molar-refractivity contribution in [3.05, 3.63) is 95.1 Å². The van der Waals surface area contributed by atoms with Gasteiger partial charge in [0.05, 0.1) is 28.9 Å². The van der Waals surface area contributed by atoms with Crippen LogP contribution in [0.5, 0.6) is 5.75 Å². The number of ether oxygens (including phenoxy) is 1. The SMILES string of the molecule is CCc1ccc(C2C(=C(O)c3ccccc3)C(=O)C(=O)N2c2nc3ccc(OC)cc3s2)cc1. The van der Waals surface area contributed by atoms with E-state index < -0.39 is 17.7 Å². The van der Waals surface area contributed by atoms with Gasteiger partial charge in [-0.25, -0.2) is 4.98 Å². The monoisotopic (exact) mass is 470 g/mol. The molecule has 1 atom stereocenters. The fourth-order valence-corrected chi connectivity index (χ4v) is 5.18. The van der Waals surface area contributed by atoms with Crippen LogP contribution in [0.15, 0.2) is 78.4 Å². The molecule has 1 aromatic heterocycles. The molecule has 6 nitrogen and oxygen atoms in total. The van der Waals surface area contributed by atoms with Crippen molar-refractivity contribution in [2.45, 2.75) is 19.4 Å². The van der Waals surface area contributed by atoms with Crippen LogP contribution in [0.2, 0.25) is 0 Å². The van der Waals surface area contributed by atoms with Crippen molar-refractivity contribution in [3.8, 4) is 5.75 Å².